The van der Waals surface area contributed by atoms with Gasteiger partial charge in [-0.2, -0.15) is 9.78 Å². The van der Waals surface area contributed by atoms with Crippen LogP contribution in [0.5, 0.6) is 0 Å². The van der Waals surface area contributed by atoms with E-state index in [2.05, 4.69) is 22.3 Å². The number of aryl methyl sites for hydroxylation is 2. The molecule has 206 valence electrons. The van der Waals surface area contributed by atoms with E-state index in [1.807, 2.05) is 54.7 Å². The lowest BCUT2D eigenvalue weighted by molar-refractivity contribution is 0.0247. The van der Waals surface area contributed by atoms with E-state index in [1.54, 1.807) is 24.0 Å². The highest BCUT2D eigenvalue weighted by Crippen LogP contribution is 2.47. The molecule has 10 heteroatoms. The molecule has 0 unspecified atom stereocenters. The molecular formula is C29H36FN5O3Si. The molecule has 0 aliphatic carbocycles. The molecule has 8 nitrogen and oxygen atoms in total. The highest BCUT2D eigenvalue weighted by Gasteiger charge is 2.50. The van der Waals surface area contributed by atoms with Crippen molar-refractivity contribution in [1.29, 1.82) is 0 Å². The minimum absolute atomic E-state index is 0.0335. The van der Waals surface area contributed by atoms with Crippen molar-refractivity contribution < 1.29 is 14.0 Å². The molecule has 0 amide bonds. The number of aliphatic hydroxyl groups is 1. The molecule has 2 aromatic heterocycles. The number of nitrogens with zero attached hydrogens (tertiary/aromatic N) is 5. The molecule has 1 fully saturated rings. The van der Waals surface area contributed by atoms with Crippen LogP contribution in [0.1, 0.15) is 31.0 Å². The quantitative estimate of drug-likeness (QED) is 0.232. The summed E-state index contributed by atoms with van der Waals surface area (Å²) in [6.07, 6.45) is 5.99. The number of rotatable bonds is 10. The van der Waals surface area contributed by atoms with Gasteiger partial charge in [0.15, 0.2) is 0 Å². The SMILES string of the molecule is C[C@H]1[C@H]([Si](C)(C)F)[C@@H](CCn2cc(CCO)nn2)O[C@H]1CCc1cccc(-n2ncc3ccccc3c2=O)c1. The summed E-state index contributed by atoms with van der Waals surface area (Å²) in [7, 11) is -2.98. The number of halogens is 1. The van der Waals surface area contributed by atoms with Gasteiger partial charge in [0, 0.05) is 36.7 Å². The van der Waals surface area contributed by atoms with Crippen LogP contribution in [0.15, 0.2) is 65.7 Å². The Kier molecular flexibility index (Phi) is 8.06. The number of hydrogen-bond acceptors (Lipinski definition) is 6. The van der Waals surface area contributed by atoms with E-state index < -0.39 is 8.41 Å². The van der Waals surface area contributed by atoms with Gasteiger partial charge in [-0.15, -0.1) is 5.10 Å². The first-order chi connectivity index (χ1) is 18.7. The van der Waals surface area contributed by atoms with Crippen LogP contribution in [0.4, 0.5) is 4.11 Å². The van der Waals surface area contributed by atoms with Gasteiger partial charge in [-0.1, -0.05) is 42.5 Å². The summed E-state index contributed by atoms with van der Waals surface area (Å²) in [6, 6.07) is 15.3. The van der Waals surface area contributed by atoms with Gasteiger partial charge in [-0.05, 0) is 62.0 Å². The standard InChI is InChI=1S/C29H36FN5O3Si/c1-20-26(38-27(28(20)39(2,3)30)13-15-34-19-23(14-16-36)32-33-34)12-11-21-7-6-9-24(17-21)35-29(37)25-10-5-4-8-22(25)18-31-35/h4-10,17-20,26-28,36H,11-16H2,1-3H3/t20-,26+,27-,28+/m1/s1. The van der Waals surface area contributed by atoms with Gasteiger partial charge in [0.2, 0.25) is 8.41 Å². The van der Waals surface area contributed by atoms with Crippen molar-refractivity contribution >= 4 is 19.2 Å². The summed E-state index contributed by atoms with van der Waals surface area (Å²) in [5.74, 6) is 0.107. The molecule has 4 atom stereocenters. The van der Waals surface area contributed by atoms with Gasteiger partial charge in [-0.25, -0.2) is 0 Å². The average Bonchev–Trinajstić information content (AvgIpc) is 3.50. The van der Waals surface area contributed by atoms with Crippen molar-refractivity contribution in [1.82, 2.24) is 24.8 Å². The van der Waals surface area contributed by atoms with Crippen LogP contribution >= 0.6 is 0 Å². The lowest BCUT2D eigenvalue weighted by atomic mass is 9.95. The topological polar surface area (TPSA) is 95.1 Å². The second-order valence-electron chi connectivity index (χ2n) is 11.1. The fourth-order valence-corrected chi connectivity index (χ4v) is 8.61. The molecule has 1 aliphatic heterocycles. The van der Waals surface area contributed by atoms with E-state index in [1.165, 1.54) is 4.68 Å². The molecule has 1 saturated heterocycles. The minimum Gasteiger partial charge on any atom is -0.396 e. The predicted octanol–water partition coefficient (Wildman–Crippen LogP) is 4.48. The molecule has 0 saturated carbocycles. The van der Waals surface area contributed by atoms with Crippen molar-refractivity contribution in [3.8, 4) is 5.69 Å². The fraction of sp³-hybridized carbons (Fsp3) is 0.448. The zero-order valence-electron chi connectivity index (χ0n) is 22.7. The Hall–Kier alpha value is -3.21. The van der Waals surface area contributed by atoms with Crippen LogP contribution in [0.2, 0.25) is 18.6 Å². The summed E-state index contributed by atoms with van der Waals surface area (Å²) in [5, 5.41) is 23.2. The van der Waals surface area contributed by atoms with Crippen LogP contribution in [-0.4, -0.2) is 57.1 Å². The highest BCUT2D eigenvalue weighted by molar-refractivity contribution is 6.72. The maximum Gasteiger partial charge on any atom is 0.279 e. The molecule has 0 radical (unpaired) electrons. The first-order valence-corrected chi connectivity index (χ1v) is 16.6. The monoisotopic (exact) mass is 549 g/mol. The molecule has 39 heavy (non-hydrogen) atoms. The van der Waals surface area contributed by atoms with Gasteiger partial charge >= 0.3 is 0 Å². The van der Waals surface area contributed by atoms with Gasteiger partial charge in [-0.3, -0.25) is 9.48 Å². The van der Waals surface area contributed by atoms with Crippen LogP contribution in [0.3, 0.4) is 0 Å². The van der Waals surface area contributed by atoms with Crippen LogP contribution in [-0.2, 0) is 24.1 Å². The van der Waals surface area contributed by atoms with E-state index in [9.17, 15) is 4.79 Å². The molecule has 1 N–H and O–H groups in total. The van der Waals surface area contributed by atoms with Gasteiger partial charge in [0.1, 0.15) is 0 Å². The maximum atomic E-state index is 15.5. The smallest absolute Gasteiger partial charge is 0.279 e. The zero-order valence-corrected chi connectivity index (χ0v) is 23.7. The van der Waals surface area contributed by atoms with E-state index in [4.69, 9.17) is 9.84 Å². The van der Waals surface area contributed by atoms with Gasteiger partial charge in [0.25, 0.3) is 5.56 Å². The Labute approximate surface area is 228 Å². The van der Waals surface area contributed by atoms with Crippen molar-refractivity contribution in [3.63, 3.8) is 0 Å². The third-order valence-electron chi connectivity index (χ3n) is 7.86. The summed E-state index contributed by atoms with van der Waals surface area (Å²) in [4.78, 5) is 13.0. The number of aromatic nitrogens is 5. The molecule has 2 aromatic carbocycles. The highest BCUT2D eigenvalue weighted by atomic mass is 28.4. The summed E-state index contributed by atoms with van der Waals surface area (Å²) < 4.78 is 25.2. The number of benzene rings is 2. The minimum atomic E-state index is -2.98. The normalized spacial score (nSPS) is 21.6. The number of ether oxygens (including phenoxy) is 1. The summed E-state index contributed by atoms with van der Waals surface area (Å²) in [6.45, 7) is 6.30. The van der Waals surface area contributed by atoms with Gasteiger partial charge < -0.3 is 14.0 Å². The lowest BCUT2D eigenvalue weighted by Gasteiger charge is -2.28. The molecule has 0 spiro atoms. The van der Waals surface area contributed by atoms with E-state index in [-0.39, 0.29) is 35.8 Å². The Balaban J connectivity index is 1.27. The molecule has 5 rings (SSSR count). The van der Waals surface area contributed by atoms with E-state index in [0.29, 0.717) is 24.8 Å². The Morgan fingerprint density at radius 2 is 1.90 bits per heavy atom. The Morgan fingerprint density at radius 3 is 2.69 bits per heavy atom. The summed E-state index contributed by atoms with van der Waals surface area (Å²) >= 11 is 0. The van der Waals surface area contributed by atoms with Crippen LogP contribution < -0.4 is 5.56 Å². The number of fused-ring (bicyclic) bond motifs is 1. The zero-order chi connectivity index (χ0) is 27.6. The number of hydrogen-bond donors (Lipinski definition) is 1. The lowest BCUT2D eigenvalue weighted by Crippen LogP contribution is -2.36. The second kappa shape index (κ2) is 11.5. The van der Waals surface area contributed by atoms with Crippen molar-refractivity contribution in [2.24, 2.45) is 5.92 Å². The first kappa shape index (κ1) is 27.4. The molecular weight excluding hydrogens is 513 g/mol. The maximum absolute atomic E-state index is 15.5. The third kappa shape index (κ3) is 6.02. The van der Waals surface area contributed by atoms with E-state index in [0.717, 1.165) is 35.2 Å². The Morgan fingerprint density at radius 1 is 1.08 bits per heavy atom. The van der Waals surface area contributed by atoms with E-state index >= 15 is 4.11 Å². The molecule has 4 aromatic rings. The third-order valence-corrected chi connectivity index (χ3v) is 10.3. The van der Waals surface area contributed by atoms with Crippen LogP contribution in [0, 0.1) is 5.92 Å². The van der Waals surface area contributed by atoms with Crippen molar-refractivity contribution in [2.75, 3.05) is 6.61 Å². The van der Waals surface area contributed by atoms with Crippen LogP contribution in [0.25, 0.3) is 16.5 Å². The van der Waals surface area contributed by atoms with Crippen molar-refractivity contribution in [2.45, 2.75) is 70.0 Å². The average molecular weight is 550 g/mol. The first-order valence-electron chi connectivity index (χ1n) is 13.6. The number of aliphatic hydroxyl groups excluding tert-OH is 1. The molecule has 1 aliphatic rings. The fourth-order valence-electron chi connectivity index (χ4n) is 6.01. The predicted molar refractivity (Wildman–Crippen MR) is 151 cm³/mol. The second-order valence-corrected chi connectivity index (χ2v) is 14.9. The molecule has 0 bridgehead atoms. The summed E-state index contributed by atoms with van der Waals surface area (Å²) in [5.41, 5.74) is 2.31. The Bertz CT molecular complexity index is 1480. The van der Waals surface area contributed by atoms with Gasteiger partial charge in [0.05, 0.1) is 35.2 Å². The van der Waals surface area contributed by atoms with Crippen molar-refractivity contribution in [3.05, 3.63) is 82.5 Å². The molecule has 3 heterocycles. The largest absolute Gasteiger partial charge is 0.396 e.